The summed E-state index contributed by atoms with van der Waals surface area (Å²) >= 11 is 1.55. The number of thiophene rings is 1. The Morgan fingerprint density at radius 1 is 1.00 bits per heavy atom. The van der Waals surface area contributed by atoms with Crippen LogP contribution in [0.2, 0.25) is 0 Å². The molecule has 1 unspecified atom stereocenters. The summed E-state index contributed by atoms with van der Waals surface area (Å²) in [6.07, 6.45) is 0. The minimum absolute atomic E-state index is 0.184. The highest BCUT2D eigenvalue weighted by Gasteiger charge is 2.17. The predicted molar refractivity (Wildman–Crippen MR) is 74.2 cm³/mol. The van der Waals surface area contributed by atoms with E-state index in [1.807, 2.05) is 29.6 Å². The molecule has 1 aromatic heterocycles. The zero-order valence-corrected chi connectivity index (χ0v) is 10.8. The lowest BCUT2D eigenvalue weighted by Gasteiger charge is -2.12. The SMILES string of the molecule is NC(c1cc(F)ccc1F)c1csc2ccccc12. The van der Waals surface area contributed by atoms with Crippen molar-refractivity contribution in [3.05, 3.63) is 70.6 Å². The van der Waals surface area contributed by atoms with E-state index in [9.17, 15) is 8.78 Å². The molecule has 96 valence electrons. The van der Waals surface area contributed by atoms with Gasteiger partial charge < -0.3 is 5.73 Å². The molecule has 0 amide bonds. The van der Waals surface area contributed by atoms with E-state index in [0.29, 0.717) is 0 Å². The van der Waals surface area contributed by atoms with Crippen molar-refractivity contribution in [1.82, 2.24) is 0 Å². The van der Waals surface area contributed by atoms with Crippen LogP contribution in [0.4, 0.5) is 8.78 Å². The Morgan fingerprint density at radius 2 is 1.79 bits per heavy atom. The van der Waals surface area contributed by atoms with Crippen molar-refractivity contribution >= 4 is 21.4 Å². The van der Waals surface area contributed by atoms with E-state index in [4.69, 9.17) is 5.73 Å². The van der Waals surface area contributed by atoms with E-state index in [-0.39, 0.29) is 5.56 Å². The Labute approximate surface area is 113 Å². The van der Waals surface area contributed by atoms with Gasteiger partial charge in [0.1, 0.15) is 11.6 Å². The van der Waals surface area contributed by atoms with Crippen LogP contribution < -0.4 is 5.73 Å². The molecule has 0 aliphatic carbocycles. The van der Waals surface area contributed by atoms with Gasteiger partial charge in [-0.15, -0.1) is 11.3 Å². The number of rotatable bonds is 2. The monoisotopic (exact) mass is 275 g/mol. The maximum absolute atomic E-state index is 13.8. The first-order valence-corrected chi connectivity index (χ1v) is 6.71. The molecule has 3 aromatic rings. The van der Waals surface area contributed by atoms with Gasteiger partial charge in [-0.05, 0) is 40.6 Å². The lowest BCUT2D eigenvalue weighted by molar-refractivity contribution is 0.577. The Bertz CT molecular complexity index is 736. The molecule has 19 heavy (non-hydrogen) atoms. The quantitative estimate of drug-likeness (QED) is 0.744. The lowest BCUT2D eigenvalue weighted by Crippen LogP contribution is -2.13. The van der Waals surface area contributed by atoms with E-state index in [0.717, 1.165) is 33.8 Å². The second kappa shape index (κ2) is 4.72. The van der Waals surface area contributed by atoms with Gasteiger partial charge >= 0.3 is 0 Å². The number of hydrogen-bond acceptors (Lipinski definition) is 2. The molecule has 1 nitrogen and oxygen atoms in total. The minimum atomic E-state index is -0.660. The van der Waals surface area contributed by atoms with Gasteiger partial charge in [-0.25, -0.2) is 8.78 Å². The molecular weight excluding hydrogens is 264 g/mol. The number of benzene rings is 2. The number of fused-ring (bicyclic) bond motifs is 1. The first-order valence-electron chi connectivity index (χ1n) is 5.83. The van der Waals surface area contributed by atoms with Crippen LogP contribution in [0.5, 0.6) is 0 Å². The van der Waals surface area contributed by atoms with Crippen molar-refractivity contribution in [3.63, 3.8) is 0 Å². The summed E-state index contributed by atoms with van der Waals surface area (Å²) in [5.74, 6) is -0.962. The molecule has 3 rings (SSSR count). The molecule has 0 aliphatic heterocycles. The fourth-order valence-corrected chi connectivity index (χ4v) is 3.16. The molecule has 0 fully saturated rings. The standard InChI is InChI=1S/C15H11F2NS/c16-9-5-6-13(17)11(7-9)15(18)12-8-19-14-4-2-1-3-10(12)14/h1-8,15H,18H2. The van der Waals surface area contributed by atoms with Gasteiger partial charge in [0, 0.05) is 10.3 Å². The van der Waals surface area contributed by atoms with Gasteiger partial charge in [-0.2, -0.15) is 0 Å². The third-order valence-electron chi connectivity index (χ3n) is 3.14. The summed E-state index contributed by atoms with van der Waals surface area (Å²) in [7, 11) is 0. The second-order valence-electron chi connectivity index (χ2n) is 4.33. The first kappa shape index (κ1) is 12.3. The zero-order chi connectivity index (χ0) is 13.4. The first-order chi connectivity index (χ1) is 9.16. The molecule has 0 bridgehead atoms. The molecule has 1 heterocycles. The van der Waals surface area contributed by atoms with Gasteiger partial charge in [-0.1, -0.05) is 18.2 Å². The Morgan fingerprint density at radius 3 is 2.63 bits per heavy atom. The molecule has 0 saturated heterocycles. The third kappa shape index (κ3) is 2.13. The van der Waals surface area contributed by atoms with E-state index in [2.05, 4.69) is 0 Å². The average Bonchev–Trinajstić information content (AvgIpc) is 2.84. The Kier molecular flexibility index (Phi) is 3.05. The molecule has 2 N–H and O–H groups in total. The molecule has 0 aliphatic rings. The highest BCUT2D eigenvalue weighted by atomic mass is 32.1. The van der Waals surface area contributed by atoms with E-state index in [1.54, 1.807) is 11.3 Å². The molecule has 0 radical (unpaired) electrons. The van der Waals surface area contributed by atoms with Crippen molar-refractivity contribution in [1.29, 1.82) is 0 Å². The number of halogens is 2. The van der Waals surface area contributed by atoms with Gasteiger partial charge in [0.15, 0.2) is 0 Å². The fourth-order valence-electron chi connectivity index (χ4n) is 2.16. The van der Waals surface area contributed by atoms with Crippen molar-refractivity contribution in [3.8, 4) is 0 Å². The molecule has 2 aromatic carbocycles. The van der Waals surface area contributed by atoms with Gasteiger partial charge in [-0.3, -0.25) is 0 Å². The summed E-state index contributed by atoms with van der Waals surface area (Å²) < 4.78 is 28.1. The Hall–Kier alpha value is -1.78. The molecule has 0 saturated carbocycles. The summed E-state index contributed by atoms with van der Waals surface area (Å²) in [5, 5.41) is 2.89. The minimum Gasteiger partial charge on any atom is -0.320 e. The fraction of sp³-hybridized carbons (Fsp3) is 0.0667. The van der Waals surface area contributed by atoms with Crippen LogP contribution in [0.15, 0.2) is 47.8 Å². The summed E-state index contributed by atoms with van der Waals surface area (Å²) in [6, 6.07) is 10.5. The smallest absolute Gasteiger partial charge is 0.128 e. The zero-order valence-electron chi connectivity index (χ0n) is 9.94. The molecule has 4 heteroatoms. The van der Waals surface area contributed by atoms with Crippen molar-refractivity contribution in [2.45, 2.75) is 6.04 Å². The van der Waals surface area contributed by atoms with Crippen molar-refractivity contribution in [2.24, 2.45) is 5.73 Å². The van der Waals surface area contributed by atoms with Crippen molar-refractivity contribution < 1.29 is 8.78 Å². The van der Waals surface area contributed by atoms with Gasteiger partial charge in [0.25, 0.3) is 0 Å². The second-order valence-corrected chi connectivity index (χ2v) is 5.24. The maximum Gasteiger partial charge on any atom is 0.128 e. The average molecular weight is 275 g/mol. The van der Waals surface area contributed by atoms with Crippen LogP contribution in [0, 0.1) is 11.6 Å². The number of nitrogens with two attached hydrogens (primary N) is 1. The molecule has 0 spiro atoms. The van der Waals surface area contributed by atoms with Gasteiger partial charge in [0.05, 0.1) is 6.04 Å². The summed E-state index contributed by atoms with van der Waals surface area (Å²) in [4.78, 5) is 0. The van der Waals surface area contributed by atoms with Crippen LogP contribution in [-0.4, -0.2) is 0 Å². The van der Waals surface area contributed by atoms with E-state index in [1.165, 1.54) is 0 Å². The predicted octanol–water partition coefficient (Wildman–Crippen LogP) is 4.23. The lowest BCUT2D eigenvalue weighted by atomic mass is 9.98. The van der Waals surface area contributed by atoms with Crippen LogP contribution >= 0.6 is 11.3 Å². The van der Waals surface area contributed by atoms with E-state index >= 15 is 0 Å². The number of hydrogen-bond donors (Lipinski definition) is 1. The highest BCUT2D eigenvalue weighted by molar-refractivity contribution is 7.17. The van der Waals surface area contributed by atoms with E-state index < -0.39 is 17.7 Å². The Balaban J connectivity index is 2.13. The molecule has 1 atom stereocenters. The summed E-state index contributed by atoms with van der Waals surface area (Å²) in [6.45, 7) is 0. The van der Waals surface area contributed by atoms with Crippen molar-refractivity contribution in [2.75, 3.05) is 0 Å². The topological polar surface area (TPSA) is 26.0 Å². The van der Waals surface area contributed by atoms with Crippen LogP contribution in [-0.2, 0) is 0 Å². The van der Waals surface area contributed by atoms with Crippen LogP contribution in [0.3, 0.4) is 0 Å². The van der Waals surface area contributed by atoms with Crippen LogP contribution in [0.1, 0.15) is 17.2 Å². The highest BCUT2D eigenvalue weighted by Crippen LogP contribution is 2.33. The van der Waals surface area contributed by atoms with Gasteiger partial charge in [0.2, 0.25) is 0 Å². The normalized spacial score (nSPS) is 12.8. The maximum atomic E-state index is 13.8. The van der Waals surface area contributed by atoms with Crippen LogP contribution in [0.25, 0.3) is 10.1 Å². The summed E-state index contributed by atoms with van der Waals surface area (Å²) in [5.41, 5.74) is 7.10. The largest absolute Gasteiger partial charge is 0.320 e. The molecular formula is C15H11F2NS. The third-order valence-corrected chi connectivity index (χ3v) is 4.12.